The molecule has 5 heteroatoms. The fourth-order valence-electron chi connectivity index (χ4n) is 2.09. The number of nitrogens with one attached hydrogen (secondary N) is 1. The Hall–Kier alpha value is -1.75. The number of halogens is 1. The first-order valence-electron chi connectivity index (χ1n) is 7.24. The number of rotatable bonds is 5. The van der Waals surface area contributed by atoms with Crippen molar-refractivity contribution >= 4 is 0 Å². The predicted molar refractivity (Wildman–Crippen MR) is 81.6 cm³/mol. The Bertz CT molecular complexity index is 599. The maximum absolute atomic E-state index is 13.0. The molecule has 0 atom stereocenters. The summed E-state index contributed by atoms with van der Waals surface area (Å²) in [6.07, 6.45) is 2.84. The van der Waals surface area contributed by atoms with E-state index in [1.807, 2.05) is 23.9 Å². The molecule has 4 nitrogen and oxygen atoms in total. The van der Waals surface area contributed by atoms with Crippen LogP contribution in [-0.2, 0) is 18.5 Å². The lowest BCUT2D eigenvalue weighted by atomic mass is 10.1. The Labute approximate surface area is 125 Å². The fraction of sp³-hybridized carbons (Fsp3) is 0.500. The Morgan fingerprint density at radius 1 is 1.29 bits per heavy atom. The summed E-state index contributed by atoms with van der Waals surface area (Å²) in [5.41, 5.74) is 3.05. The lowest BCUT2D eigenvalue weighted by Crippen LogP contribution is -2.22. The number of aromatic nitrogens is 3. The number of hydrogen-bond donors (Lipinski definition) is 1. The maximum atomic E-state index is 13.0. The zero-order valence-corrected chi connectivity index (χ0v) is 13.2. The molecule has 0 aliphatic carbocycles. The highest BCUT2D eigenvalue weighted by Gasteiger charge is 2.14. The van der Waals surface area contributed by atoms with Crippen LogP contribution >= 0.6 is 0 Å². The molecule has 114 valence electrons. The first-order chi connectivity index (χ1) is 9.86. The molecule has 1 aromatic carbocycles. The average molecular weight is 290 g/mol. The molecule has 2 rings (SSSR count). The van der Waals surface area contributed by atoms with Crippen molar-refractivity contribution in [2.45, 2.75) is 46.2 Å². The van der Waals surface area contributed by atoms with Crippen molar-refractivity contribution in [3.63, 3.8) is 0 Å². The van der Waals surface area contributed by atoms with Crippen LogP contribution in [0, 0.1) is 12.7 Å². The third kappa shape index (κ3) is 4.36. The lowest BCUT2D eigenvalue weighted by Gasteiger charge is -2.17. The van der Waals surface area contributed by atoms with E-state index in [1.165, 1.54) is 11.6 Å². The summed E-state index contributed by atoms with van der Waals surface area (Å²) in [6, 6.07) is 4.93. The quantitative estimate of drug-likeness (QED) is 0.861. The van der Waals surface area contributed by atoms with Gasteiger partial charge in [-0.1, -0.05) is 11.3 Å². The van der Waals surface area contributed by atoms with Gasteiger partial charge in [-0.3, -0.25) is 0 Å². The Balaban J connectivity index is 1.81. The van der Waals surface area contributed by atoms with Crippen molar-refractivity contribution in [3.8, 4) is 0 Å². The maximum Gasteiger partial charge on any atom is 0.123 e. The molecule has 0 saturated heterocycles. The summed E-state index contributed by atoms with van der Waals surface area (Å²) >= 11 is 0. The van der Waals surface area contributed by atoms with E-state index in [9.17, 15) is 4.39 Å². The van der Waals surface area contributed by atoms with Crippen LogP contribution in [0.4, 0.5) is 4.39 Å². The normalized spacial score (nSPS) is 11.9. The molecule has 1 N–H and O–H groups in total. The molecule has 1 heterocycles. The second-order valence-corrected chi connectivity index (χ2v) is 6.32. The van der Waals surface area contributed by atoms with E-state index in [0.29, 0.717) is 6.54 Å². The van der Waals surface area contributed by atoms with E-state index in [1.54, 1.807) is 6.07 Å². The molecule has 0 aliphatic heterocycles. The van der Waals surface area contributed by atoms with E-state index < -0.39 is 0 Å². The molecule has 0 unspecified atom stereocenters. The molecule has 0 amide bonds. The largest absolute Gasteiger partial charge is 0.311 e. The molecule has 0 spiro atoms. The third-order valence-electron chi connectivity index (χ3n) is 3.41. The Morgan fingerprint density at radius 3 is 2.67 bits per heavy atom. The molecule has 0 radical (unpaired) electrons. The van der Waals surface area contributed by atoms with Gasteiger partial charge in [-0.25, -0.2) is 9.07 Å². The highest BCUT2D eigenvalue weighted by molar-refractivity contribution is 5.26. The van der Waals surface area contributed by atoms with Crippen LogP contribution in [0.3, 0.4) is 0 Å². The van der Waals surface area contributed by atoms with Gasteiger partial charge in [-0.2, -0.15) is 0 Å². The average Bonchev–Trinajstić information content (AvgIpc) is 2.85. The van der Waals surface area contributed by atoms with Crippen LogP contribution in [0.15, 0.2) is 24.4 Å². The van der Waals surface area contributed by atoms with Crippen LogP contribution < -0.4 is 5.32 Å². The summed E-state index contributed by atoms with van der Waals surface area (Å²) in [5.74, 6) is -0.178. The standard InChI is InChI=1S/C16H23FN4/c1-12-9-14(17)6-5-13(12)7-8-18-10-15-11-21(20-19-15)16(2,3)4/h5-6,9,11,18H,7-8,10H2,1-4H3. The monoisotopic (exact) mass is 290 g/mol. The molecule has 0 aliphatic rings. The van der Waals surface area contributed by atoms with Gasteiger partial charge in [0.1, 0.15) is 5.82 Å². The van der Waals surface area contributed by atoms with Crippen molar-refractivity contribution in [2.24, 2.45) is 0 Å². The molecule has 0 bridgehead atoms. The predicted octanol–water partition coefficient (Wildman–Crippen LogP) is 2.81. The number of hydrogen-bond acceptors (Lipinski definition) is 3. The van der Waals surface area contributed by atoms with Gasteiger partial charge in [0.2, 0.25) is 0 Å². The van der Waals surface area contributed by atoms with Crippen LogP contribution in [0.25, 0.3) is 0 Å². The lowest BCUT2D eigenvalue weighted by molar-refractivity contribution is 0.347. The van der Waals surface area contributed by atoms with Gasteiger partial charge in [-0.05, 0) is 63.9 Å². The van der Waals surface area contributed by atoms with Crippen molar-refractivity contribution in [1.82, 2.24) is 20.3 Å². The van der Waals surface area contributed by atoms with Crippen LogP contribution in [0.2, 0.25) is 0 Å². The SMILES string of the molecule is Cc1cc(F)ccc1CCNCc1cn(C(C)(C)C)nn1. The van der Waals surface area contributed by atoms with Crippen LogP contribution in [-0.4, -0.2) is 21.5 Å². The van der Waals surface area contributed by atoms with Crippen molar-refractivity contribution in [3.05, 3.63) is 47.0 Å². The number of nitrogens with zero attached hydrogens (tertiary/aromatic N) is 3. The summed E-state index contributed by atoms with van der Waals surface area (Å²) in [7, 11) is 0. The molecule has 2 aromatic rings. The van der Waals surface area contributed by atoms with E-state index in [2.05, 4.69) is 36.4 Å². The zero-order valence-electron chi connectivity index (χ0n) is 13.2. The van der Waals surface area contributed by atoms with E-state index in [-0.39, 0.29) is 11.4 Å². The van der Waals surface area contributed by atoms with Crippen molar-refractivity contribution < 1.29 is 4.39 Å². The minimum absolute atomic E-state index is 0.0452. The van der Waals surface area contributed by atoms with Crippen molar-refractivity contribution in [1.29, 1.82) is 0 Å². The third-order valence-corrected chi connectivity index (χ3v) is 3.41. The zero-order chi connectivity index (χ0) is 15.5. The highest BCUT2D eigenvalue weighted by atomic mass is 19.1. The minimum atomic E-state index is -0.178. The molecule has 1 aromatic heterocycles. The minimum Gasteiger partial charge on any atom is -0.311 e. The summed E-state index contributed by atoms with van der Waals surface area (Å²) in [5, 5.41) is 11.6. The topological polar surface area (TPSA) is 42.7 Å². The first kappa shape index (κ1) is 15.6. The summed E-state index contributed by atoms with van der Waals surface area (Å²) in [6.45, 7) is 9.74. The fourth-order valence-corrected chi connectivity index (χ4v) is 2.09. The molecular weight excluding hydrogens is 267 g/mol. The van der Waals surface area contributed by atoms with Gasteiger partial charge in [0.05, 0.1) is 17.4 Å². The van der Waals surface area contributed by atoms with Crippen molar-refractivity contribution in [2.75, 3.05) is 6.54 Å². The van der Waals surface area contributed by atoms with Crippen LogP contribution in [0.1, 0.15) is 37.6 Å². The van der Waals surface area contributed by atoms with Gasteiger partial charge in [0.15, 0.2) is 0 Å². The molecule has 0 fully saturated rings. The molecule has 21 heavy (non-hydrogen) atoms. The highest BCUT2D eigenvalue weighted by Crippen LogP contribution is 2.12. The van der Waals surface area contributed by atoms with Gasteiger partial charge < -0.3 is 5.32 Å². The van der Waals surface area contributed by atoms with Gasteiger partial charge in [-0.15, -0.1) is 5.10 Å². The van der Waals surface area contributed by atoms with Crippen LogP contribution in [0.5, 0.6) is 0 Å². The second-order valence-electron chi connectivity index (χ2n) is 6.32. The number of aryl methyl sites for hydroxylation is 1. The van der Waals surface area contributed by atoms with E-state index in [0.717, 1.165) is 24.2 Å². The first-order valence-corrected chi connectivity index (χ1v) is 7.24. The summed E-state index contributed by atoms with van der Waals surface area (Å²) in [4.78, 5) is 0. The molecule has 0 saturated carbocycles. The molecular formula is C16H23FN4. The van der Waals surface area contributed by atoms with E-state index in [4.69, 9.17) is 0 Å². The Kier molecular flexibility index (Phi) is 4.73. The van der Waals surface area contributed by atoms with Gasteiger partial charge in [0.25, 0.3) is 0 Å². The Morgan fingerprint density at radius 2 is 2.05 bits per heavy atom. The van der Waals surface area contributed by atoms with E-state index >= 15 is 0 Å². The second kappa shape index (κ2) is 6.35. The van der Waals surface area contributed by atoms with Gasteiger partial charge in [0, 0.05) is 6.54 Å². The summed E-state index contributed by atoms with van der Waals surface area (Å²) < 4.78 is 14.9. The number of benzene rings is 1. The smallest absolute Gasteiger partial charge is 0.123 e. The van der Waals surface area contributed by atoms with Gasteiger partial charge >= 0.3 is 0 Å².